The van der Waals surface area contributed by atoms with E-state index in [2.05, 4.69) is 10.3 Å². The SMILES string of the molecule is CC(C)(C)OC(=O)NCCc1ccnc(N)c1. The van der Waals surface area contributed by atoms with E-state index in [4.69, 9.17) is 10.5 Å². The number of hydrogen-bond acceptors (Lipinski definition) is 4. The van der Waals surface area contributed by atoms with Crippen LogP contribution in [-0.4, -0.2) is 23.2 Å². The van der Waals surface area contributed by atoms with Gasteiger partial charge in [0.2, 0.25) is 0 Å². The van der Waals surface area contributed by atoms with Crippen LogP contribution in [0.1, 0.15) is 26.3 Å². The fraction of sp³-hybridized carbons (Fsp3) is 0.500. The summed E-state index contributed by atoms with van der Waals surface area (Å²) in [4.78, 5) is 15.2. The molecule has 3 N–H and O–H groups in total. The highest BCUT2D eigenvalue weighted by Crippen LogP contribution is 2.07. The Morgan fingerprint density at radius 3 is 2.82 bits per heavy atom. The third-order valence-corrected chi connectivity index (χ3v) is 1.93. The first kappa shape index (κ1) is 13.3. The van der Waals surface area contributed by atoms with Crippen LogP contribution in [0.25, 0.3) is 0 Å². The van der Waals surface area contributed by atoms with Crippen molar-refractivity contribution in [2.45, 2.75) is 32.8 Å². The number of rotatable bonds is 3. The number of pyridine rings is 1. The molecule has 1 aromatic rings. The summed E-state index contributed by atoms with van der Waals surface area (Å²) >= 11 is 0. The first-order chi connectivity index (χ1) is 7.87. The first-order valence-corrected chi connectivity index (χ1v) is 5.54. The zero-order valence-electron chi connectivity index (χ0n) is 10.5. The van der Waals surface area contributed by atoms with E-state index in [0.29, 0.717) is 18.8 Å². The van der Waals surface area contributed by atoms with Crippen molar-refractivity contribution in [3.63, 3.8) is 0 Å². The van der Waals surface area contributed by atoms with E-state index in [9.17, 15) is 4.79 Å². The summed E-state index contributed by atoms with van der Waals surface area (Å²) in [6, 6.07) is 3.66. The zero-order chi connectivity index (χ0) is 12.9. The number of anilines is 1. The van der Waals surface area contributed by atoms with E-state index >= 15 is 0 Å². The molecule has 0 aliphatic rings. The third-order valence-electron chi connectivity index (χ3n) is 1.93. The van der Waals surface area contributed by atoms with Crippen LogP contribution < -0.4 is 11.1 Å². The maximum atomic E-state index is 11.3. The average Bonchev–Trinajstić information content (AvgIpc) is 2.14. The lowest BCUT2D eigenvalue weighted by molar-refractivity contribution is 0.0528. The largest absolute Gasteiger partial charge is 0.444 e. The molecule has 0 spiro atoms. The highest BCUT2D eigenvalue weighted by Gasteiger charge is 2.15. The monoisotopic (exact) mass is 237 g/mol. The van der Waals surface area contributed by atoms with E-state index in [1.54, 1.807) is 12.3 Å². The predicted octanol–water partition coefficient (Wildman–Crippen LogP) is 1.73. The van der Waals surface area contributed by atoms with E-state index in [0.717, 1.165) is 5.56 Å². The standard InChI is InChI=1S/C12H19N3O2/c1-12(2,3)17-11(16)15-7-5-9-4-6-14-10(13)8-9/h4,6,8H,5,7H2,1-3H3,(H2,13,14)(H,15,16). The molecule has 1 rings (SSSR count). The fourth-order valence-electron chi connectivity index (χ4n) is 1.27. The van der Waals surface area contributed by atoms with Gasteiger partial charge in [-0.3, -0.25) is 0 Å². The van der Waals surface area contributed by atoms with Gasteiger partial charge in [0.05, 0.1) is 0 Å². The number of hydrogen-bond donors (Lipinski definition) is 2. The van der Waals surface area contributed by atoms with Crippen LogP contribution in [0.2, 0.25) is 0 Å². The average molecular weight is 237 g/mol. The number of nitrogens with two attached hydrogens (primary N) is 1. The van der Waals surface area contributed by atoms with Gasteiger partial charge in [0.15, 0.2) is 0 Å². The Kier molecular flexibility index (Phi) is 4.31. The van der Waals surface area contributed by atoms with Crippen LogP contribution >= 0.6 is 0 Å². The maximum absolute atomic E-state index is 11.3. The number of nitrogens with one attached hydrogen (secondary N) is 1. The first-order valence-electron chi connectivity index (χ1n) is 5.54. The molecule has 0 bridgehead atoms. The predicted molar refractivity (Wildman–Crippen MR) is 66.6 cm³/mol. The summed E-state index contributed by atoms with van der Waals surface area (Å²) in [5, 5.41) is 2.68. The Balaban J connectivity index is 2.31. The number of amides is 1. The molecule has 0 aromatic carbocycles. The lowest BCUT2D eigenvalue weighted by atomic mass is 10.2. The van der Waals surface area contributed by atoms with Gasteiger partial charge in [-0.1, -0.05) is 0 Å². The summed E-state index contributed by atoms with van der Waals surface area (Å²) in [6.07, 6.45) is 1.95. The van der Waals surface area contributed by atoms with E-state index in [-0.39, 0.29) is 0 Å². The highest BCUT2D eigenvalue weighted by atomic mass is 16.6. The second-order valence-corrected chi connectivity index (χ2v) is 4.77. The van der Waals surface area contributed by atoms with Crippen LogP contribution in [0, 0.1) is 0 Å². The molecule has 1 heterocycles. The van der Waals surface area contributed by atoms with Crippen molar-refractivity contribution >= 4 is 11.9 Å². The lowest BCUT2D eigenvalue weighted by Gasteiger charge is -2.19. The van der Waals surface area contributed by atoms with Gasteiger partial charge in [-0.25, -0.2) is 9.78 Å². The van der Waals surface area contributed by atoms with Crippen LogP contribution in [0.15, 0.2) is 18.3 Å². The second-order valence-electron chi connectivity index (χ2n) is 4.77. The Labute approximate surface area is 101 Å². The smallest absolute Gasteiger partial charge is 0.407 e. The third kappa shape index (κ3) is 5.75. The minimum atomic E-state index is -0.467. The summed E-state index contributed by atoms with van der Waals surface area (Å²) in [6.45, 7) is 6.00. The molecule has 0 atom stereocenters. The molecule has 5 nitrogen and oxygen atoms in total. The number of carbonyl (C=O) groups is 1. The van der Waals surface area contributed by atoms with E-state index < -0.39 is 11.7 Å². The minimum Gasteiger partial charge on any atom is -0.444 e. The van der Waals surface area contributed by atoms with Gasteiger partial charge in [0, 0.05) is 12.7 Å². The molecule has 0 saturated heterocycles. The van der Waals surface area contributed by atoms with Gasteiger partial charge >= 0.3 is 6.09 Å². The summed E-state index contributed by atoms with van der Waals surface area (Å²) in [5.41, 5.74) is 6.12. The molecular weight excluding hydrogens is 218 g/mol. The normalized spacial score (nSPS) is 11.0. The maximum Gasteiger partial charge on any atom is 0.407 e. The van der Waals surface area contributed by atoms with Crippen molar-refractivity contribution in [2.24, 2.45) is 0 Å². The Morgan fingerprint density at radius 1 is 1.53 bits per heavy atom. The van der Waals surface area contributed by atoms with Crippen molar-refractivity contribution in [2.75, 3.05) is 12.3 Å². The molecule has 0 radical (unpaired) electrons. The molecule has 17 heavy (non-hydrogen) atoms. The van der Waals surface area contributed by atoms with Crippen molar-refractivity contribution in [1.82, 2.24) is 10.3 Å². The minimum absolute atomic E-state index is 0.403. The quantitative estimate of drug-likeness (QED) is 0.839. The summed E-state index contributed by atoms with van der Waals surface area (Å²) in [7, 11) is 0. The summed E-state index contributed by atoms with van der Waals surface area (Å²) in [5.74, 6) is 0.486. The number of ether oxygens (including phenoxy) is 1. The van der Waals surface area contributed by atoms with Gasteiger partial charge in [-0.15, -0.1) is 0 Å². The Bertz CT molecular complexity index is 386. The number of alkyl carbamates (subject to hydrolysis) is 1. The highest BCUT2D eigenvalue weighted by molar-refractivity contribution is 5.67. The molecule has 0 unspecified atom stereocenters. The van der Waals surface area contributed by atoms with Gasteiger partial charge in [-0.05, 0) is 44.9 Å². The van der Waals surface area contributed by atoms with Gasteiger partial charge in [0.1, 0.15) is 11.4 Å². The second kappa shape index (κ2) is 5.52. The Morgan fingerprint density at radius 2 is 2.24 bits per heavy atom. The van der Waals surface area contributed by atoms with Crippen LogP contribution in [0.3, 0.4) is 0 Å². The lowest BCUT2D eigenvalue weighted by Crippen LogP contribution is -2.33. The van der Waals surface area contributed by atoms with E-state index in [1.165, 1.54) is 0 Å². The molecule has 5 heteroatoms. The van der Waals surface area contributed by atoms with Gasteiger partial charge < -0.3 is 15.8 Å². The fourth-order valence-corrected chi connectivity index (χ4v) is 1.27. The molecule has 94 valence electrons. The molecule has 0 aliphatic carbocycles. The van der Waals surface area contributed by atoms with E-state index in [1.807, 2.05) is 26.8 Å². The molecule has 0 aliphatic heterocycles. The van der Waals surface area contributed by atoms with Crippen molar-refractivity contribution in [1.29, 1.82) is 0 Å². The van der Waals surface area contributed by atoms with Crippen LogP contribution in [-0.2, 0) is 11.2 Å². The van der Waals surface area contributed by atoms with Crippen molar-refractivity contribution in [3.8, 4) is 0 Å². The number of carbonyl (C=O) groups excluding carboxylic acids is 1. The summed E-state index contributed by atoms with van der Waals surface area (Å²) < 4.78 is 5.11. The number of aromatic nitrogens is 1. The molecule has 0 saturated carbocycles. The van der Waals surface area contributed by atoms with Crippen molar-refractivity contribution in [3.05, 3.63) is 23.9 Å². The Hall–Kier alpha value is -1.78. The number of nitrogen functional groups attached to an aromatic ring is 1. The topological polar surface area (TPSA) is 77.2 Å². The molecule has 1 aromatic heterocycles. The van der Waals surface area contributed by atoms with Crippen molar-refractivity contribution < 1.29 is 9.53 Å². The molecule has 0 fully saturated rings. The molecular formula is C12H19N3O2. The van der Waals surface area contributed by atoms with Crippen LogP contribution in [0.5, 0.6) is 0 Å². The molecule has 1 amide bonds. The zero-order valence-corrected chi connectivity index (χ0v) is 10.5. The van der Waals surface area contributed by atoms with Crippen LogP contribution in [0.4, 0.5) is 10.6 Å². The number of nitrogens with zero attached hydrogens (tertiary/aromatic N) is 1. The van der Waals surface area contributed by atoms with Gasteiger partial charge in [-0.2, -0.15) is 0 Å². The van der Waals surface area contributed by atoms with Gasteiger partial charge in [0.25, 0.3) is 0 Å².